The van der Waals surface area contributed by atoms with Gasteiger partial charge in [-0.3, -0.25) is 4.79 Å². The highest BCUT2D eigenvalue weighted by Gasteiger charge is 2.36. The third-order valence-electron chi connectivity index (χ3n) is 3.92. The summed E-state index contributed by atoms with van der Waals surface area (Å²) in [5.74, 6) is -0.565. The molecule has 0 radical (unpaired) electrons. The second kappa shape index (κ2) is 5.80. The van der Waals surface area contributed by atoms with Crippen LogP contribution in [0.2, 0.25) is 0 Å². The average Bonchev–Trinajstić information content (AvgIpc) is 3.05. The van der Waals surface area contributed by atoms with Crippen LogP contribution in [0.15, 0.2) is 0 Å². The molecule has 0 heterocycles. The van der Waals surface area contributed by atoms with Crippen LogP contribution in [0.5, 0.6) is 0 Å². The van der Waals surface area contributed by atoms with Crippen molar-refractivity contribution in [3.63, 3.8) is 0 Å². The number of nitrogens with one attached hydrogen (secondary N) is 1. The number of aliphatic carboxylic acids is 1. The molecule has 19 heavy (non-hydrogen) atoms. The van der Waals surface area contributed by atoms with Crippen molar-refractivity contribution in [2.75, 3.05) is 6.54 Å². The van der Waals surface area contributed by atoms with Gasteiger partial charge in [-0.2, -0.15) is 0 Å². The number of amides is 2. The third-order valence-corrected chi connectivity index (χ3v) is 3.92. The van der Waals surface area contributed by atoms with Crippen molar-refractivity contribution < 1.29 is 14.7 Å². The average molecular weight is 268 g/mol. The summed E-state index contributed by atoms with van der Waals surface area (Å²) in [5.41, 5.74) is 0. The Morgan fingerprint density at radius 2 is 1.95 bits per heavy atom. The van der Waals surface area contributed by atoms with Gasteiger partial charge in [-0.25, -0.2) is 4.79 Å². The van der Waals surface area contributed by atoms with Crippen molar-refractivity contribution in [3.05, 3.63) is 0 Å². The number of carbonyl (C=O) groups is 2. The Balaban J connectivity index is 1.84. The molecule has 0 bridgehead atoms. The van der Waals surface area contributed by atoms with Crippen LogP contribution >= 0.6 is 0 Å². The summed E-state index contributed by atoms with van der Waals surface area (Å²) in [5, 5.41) is 12.0. The highest BCUT2D eigenvalue weighted by molar-refractivity contribution is 5.76. The molecule has 2 atom stereocenters. The van der Waals surface area contributed by atoms with E-state index in [4.69, 9.17) is 5.11 Å². The van der Waals surface area contributed by atoms with Crippen molar-refractivity contribution in [2.24, 2.45) is 11.8 Å². The van der Waals surface area contributed by atoms with Crippen LogP contribution < -0.4 is 5.32 Å². The molecule has 5 nitrogen and oxygen atoms in total. The standard InChI is InChI=1S/C14H24N2O3/c1-9(2)8-16(12-5-6-12)14(19)15-11-4-3-10(7-11)13(17)18/h9-12H,3-8H2,1-2H3,(H,15,19)(H,17,18)/t10-,11+/m1/s1. The molecule has 2 rings (SSSR count). The van der Waals surface area contributed by atoms with E-state index in [1.165, 1.54) is 0 Å². The largest absolute Gasteiger partial charge is 0.481 e. The van der Waals surface area contributed by atoms with Crippen molar-refractivity contribution in [3.8, 4) is 0 Å². The molecule has 0 unspecified atom stereocenters. The lowest BCUT2D eigenvalue weighted by Gasteiger charge is -2.26. The predicted molar refractivity (Wildman–Crippen MR) is 71.9 cm³/mol. The van der Waals surface area contributed by atoms with Gasteiger partial charge in [0, 0.05) is 18.6 Å². The Hall–Kier alpha value is -1.26. The van der Waals surface area contributed by atoms with E-state index in [0.29, 0.717) is 24.8 Å². The molecule has 2 aliphatic rings. The number of hydrogen-bond donors (Lipinski definition) is 2. The van der Waals surface area contributed by atoms with Gasteiger partial charge in [-0.1, -0.05) is 13.8 Å². The second-order valence-electron chi connectivity index (χ2n) is 6.27. The first kappa shape index (κ1) is 14.2. The molecule has 0 aromatic carbocycles. The molecule has 0 spiro atoms. The van der Waals surface area contributed by atoms with E-state index in [1.54, 1.807) is 0 Å². The summed E-state index contributed by atoms with van der Waals surface area (Å²) in [6.45, 7) is 5.00. The van der Waals surface area contributed by atoms with E-state index in [2.05, 4.69) is 19.2 Å². The van der Waals surface area contributed by atoms with Crippen molar-refractivity contribution in [2.45, 2.75) is 58.0 Å². The molecule has 5 heteroatoms. The fourth-order valence-electron chi connectivity index (χ4n) is 2.77. The number of urea groups is 1. The lowest BCUT2D eigenvalue weighted by Crippen LogP contribution is -2.46. The maximum absolute atomic E-state index is 12.3. The Bertz CT molecular complexity index is 353. The number of carbonyl (C=O) groups excluding carboxylic acids is 1. The normalized spacial score (nSPS) is 26.5. The van der Waals surface area contributed by atoms with Crippen LogP contribution in [-0.2, 0) is 4.79 Å². The van der Waals surface area contributed by atoms with E-state index in [1.807, 2.05) is 4.90 Å². The van der Waals surface area contributed by atoms with Crippen LogP contribution in [0.4, 0.5) is 4.79 Å². The zero-order chi connectivity index (χ0) is 14.0. The number of rotatable bonds is 5. The van der Waals surface area contributed by atoms with Crippen molar-refractivity contribution >= 4 is 12.0 Å². The maximum Gasteiger partial charge on any atom is 0.317 e. The summed E-state index contributed by atoms with van der Waals surface area (Å²) in [7, 11) is 0. The van der Waals surface area contributed by atoms with Gasteiger partial charge in [-0.05, 0) is 38.0 Å². The van der Waals surface area contributed by atoms with Gasteiger partial charge in [0.25, 0.3) is 0 Å². The summed E-state index contributed by atoms with van der Waals surface area (Å²) in [4.78, 5) is 25.1. The SMILES string of the molecule is CC(C)CN(C(=O)N[C@H]1CC[C@@H](C(=O)O)C1)C1CC1. The minimum Gasteiger partial charge on any atom is -0.481 e. The Morgan fingerprint density at radius 1 is 1.26 bits per heavy atom. The fraction of sp³-hybridized carbons (Fsp3) is 0.857. The summed E-state index contributed by atoms with van der Waals surface area (Å²) in [6, 6.07) is 0.424. The molecule has 2 N–H and O–H groups in total. The van der Waals surface area contributed by atoms with Crippen LogP contribution in [0.1, 0.15) is 46.0 Å². The minimum atomic E-state index is -0.738. The third kappa shape index (κ3) is 3.85. The molecule has 2 fully saturated rings. The Labute approximate surface area is 114 Å². The fourth-order valence-corrected chi connectivity index (χ4v) is 2.77. The molecule has 2 amide bonds. The zero-order valence-electron chi connectivity index (χ0n) is 11.8. The van der Waals surface area contributed by atoms with Crippen LogP contribution in [0.25, 0.3) is 0 Å². The van der Waals surface area contributed by atoms with Gasteiger partial charge in [-0.15, -0.1) is 0 Å². The number of hydrogen-bond acceptors (Lipinski definition) is 2. The molecular formula is C14H24N2O3. The molecule has 0 aromatic heterocycles. The Morgan fingerprint density at radius 3 is 2.42 bits per heavy atom. The lowest BCUT2D eigenvalue weighted by atomic mass is 10.1. The first-order chi connectivity index (χ1) is 8.97. The molecule has 0 aromatic rings. The van der Waals surface area contributed by atoms with Crippen LogP contribution in [0.3, 0.4) is 0 Å². The molecule has 108 valence electrons. The van der Waals surface area contributed by atoms with E-state index >= 15 is 0 Å². The van der Waals surface area contributed by atoms with Crippen molar-refractivity contribution in [1.82, 2.24) is 10.2 Å². The van der Waals surface area contributed by atoms with Gasteiger partial charge < -0.3 is 15.3 Å². The molecule has 0 aliphatic heterocycles. The number of nitrogens with zero attached hydrogens (tertiary/aromatic N) is 1. The van der Waals surface area contributed by atoms with E-state index in [-0.39, 0.29) is 18.0 Å². The van der Waals surface area contributed by atoms with Gasteiger partial charge in [0.2, 0.25) is 0 Å². The highest BCUT2D eigenvalue weighted by Crippen LogP contribution is 2.29. The summed E-state index contributed by atoms with van der Waals surface area (Å²) >= 11 is 0. The predicted octanol–water partition coefficient (Wildman–Crippen LogP) is 2.07. The Kier molecular flexibility index (Phi) is 4.32. The summed E-state index contributed by atoms with van der Waals surface area (Å²) < 4.78 is 0. The first-order valence-corrected chi connectivity index (χ1v) is 7.27. The first-order valence-electron chi connectivity index (χ1n) is 7.27. The smallest absolute Gasteiger partial charge is 0.317 e. The quantitative estimate of drug-likeness (QED) is 0.802. The topological polar surface area (TPSA) is 69.6 Å². The molecule has 0 saturated heterocycles. The monoisotopic (exact) mass is 268 g/mol. The van der Waals surface area contributed by atoms with Gasteiger partial charge in [0.15, 0.2) is 0 Å². The molecule has 2 aliphatic carbocycles. The van der Waals surface area contributed by atoms with E-state index < -0.39 is 5.97 Å². The van der Waals surface area contributed by atoms with Gasteiger partial charge in [0.1, 0.15) is 0 Å². The van der Waals surface area contributed by atoms with E-state index in [0.717, 1.165) is 25.8 Å². The summed E-state index contributed by atoms with van der Waals surface area (Å²) in [6.07, 6.45) is 4.23. The number of carboxylic acids is 1. The van der Waals surface area contributed by atoms with Crippen LogP contribution in [-0.4, -0.2) is 40.6 Å². The molecular weight excluding hydrogens is 244 g/mol. The highest BCUT2D eigenvalue weighted by atomic mass is 16.4. The minimum absolute atomic E-state index is 0.00719. The zero-order valence-corrected chi connectivity index (χ0v) is 11.8. The van der Waals surface area contributed by atoms with E-state index in [9.17, 15) is 9.59 Å². The maximum atomic E-state index is 12.3. The molecule has 2 saturated carbocycles. The van der Waals surface area contributed by atoms with Gasteiger partial charge >= 0.3 is 12.0 Å². The second-order valence-corrected chi connectivity index (χ2v) is 6.27. The number of carboxylic acid groups (broad SMARTS) is 1. The van der Waals surface area contributed by atoms with Crippen molar-refractivity contribution in [1.29, 1.82) is 0 Å². The lowest BCUT2D eigenvalue weighted by molar-refractivity contribution is -0.141. The van der Waals surface area contributed by atoms with Crippen LogP contribution in [0, 0.1) is 11.8 Å². The van der Waals surface area contributed by atoms with Gasteiger partial charge in [0.05, 0.1) is 5.92 Å².